The Bertz CT molecular complexity index is 2370. The Kier molecular flexibility index (Phi) is 31.2. The van der Waals surface area contributed by atoms with Gasteiger partial charge in [-0.05, 0) is 93.8 Å². The van der Waals surface area contributed by atoms with E-state index < -0.39 is 161 Å². The number of aliphatic hydroxyl groups excluding tert-OH is 1. The van der Waals surface area contributed by atoms with Gasteiger partial charge < -0.3 is 60.7 Å². The normalized spacial score (nSPS) is 27.2. The molecule has 0 radical (unpaired) electrons. The molecule has 0 aromatic carbocycles. The predicted octanol–water partition coefficient (Wildman–Crippen LogP) is 3.66. The van der Waals surface area contributed by atoms with Crippen molar-refractivity contribution in [2.24, 2.45) is 40.9 Å². The lowest BCUT2D eigenvalue weighted by Crippen LogP contribution is -2.63. The summed E-state index contributed by atoms with van der Waals surface area (Å²) in [5.41, 5.74) is -0.951. The third-order valence-corrected chi connectivity index (χ3v) is 16.7. The van der Waals surface area contributed by atoms with Gasteiger partial charge in [-0.3, -0.25) is 52.7 Å². The van der Waals surface area contributed by atoms with Crippen LogP contribution in [0.5, 0.6) is 0 Å². The highest BCUT2D eigenvalue weighted by Gasteiger charge is 2.46. The van der Waals surface area contributed by atoms with Crippen LogP contribution in [0.15, 0.2) is 12.2 Å². The summed E-state index contributed by atoms with van der Waals surface area (Å²) < 4.78 is 0. The van der Waals surface area contributed by atoms with E-state index >= 15 is 14.4 Å². The fraction of sp³-hybridized carbons (Fsp3) is 0.794. The maximum atomic E-state index is 15.2. The van der Waals surface area contributed by atoms with Crippen LogP contribution in [0.3, 0.4) is 0 Å². The minimum atomic E-state index is -1.61. The number of likely N-dealkylation sites (N-methyl/N-ethyl adjacent to an activating group) is 7. The second kappa shape index (κ2) is 34.4. The molecule has 0 aromatic rings. The Morgan fingerprint density at radius 2 is 0.988 bits per heavy atom. The highest BCUT2D eigenvalue weighted by molar-refractivity contribution is 5.99. The van der Waals surface area contributed by atoms with Crippen molar-refractivity contribution in [2.45, 2.75) is 230 Å². The van der Waals surface area contributed by atoms with E-state index in [9.17, 15) is 43.5 Å². The third-order valence-electron chi connectivity index (χ3n) is 16.7. The lowest BCUT2D eigenvalue weighted by molar-refractivity contribution is -0.157. The van der Waals surface area contributed by atoms with E-state index in [0.29, 0.717) is 12.8 Å². The predicted molar refractivity (Wildman–Crippen MR) is 333 cm³/mol. The monoisotopic (exact) mass is 1220 g/mol. The molecule has 5 N–H and O–H groups in total. The second-order valence-electron chi connectivity index (χ2n) is 26.8. The number of nitrogens with zero attached hydrogens (tertiary/aromatic N) is 7. The SMILES string of the molecule is C/C=C/C[C@@H](C)[C@@H](O)[C@H]1C(=O)N[C@@H](CC)C(=O)N(C)CC(=O)N(C)[C@@H](C(C)CC)C(=O)N[C@@H](C(C)(C)C)C(=O)N(C)[C@@H](C)C(=O)N[C@@H](CC(C)C)C(=O)N[C@H](C)C(=O)N(C)[C@@H](CC(C)C)C(=O)N(C)[C@@H](CC(C)C)C(=O)N(C)[C@@H](C(C)C)C(=O)N1C. The van der Waals surface area contributed by atoms with Crippen LogP contribution in [-0.2, 0) is 52.7 Å². The molecule has 1 rings (SSSR count). The van der Waals surface area contributed by atoms with Crippen LogP contribution in [-0.4, -0.2) is 227 Å². The molecule has 1 saturated heterocycles. The first-order valence-electron chi connectivity index (χ1n) is 30.9. The Balaban J connectivity index is 4.37. The first-order valence-corrected chi connectivity index (χ1v) is 30.9. The Morgan fingerprint density at radius 1 is 0.523 bits per heavy atom. The topological polar surface area (TPSA) is 279 Å². The van der Waals surface area contributed by atoms with Gasteiger partial charge in [-0.2, -0.15) is 0 Å². The van der Waals surface area contributed by atoms with Gasteiger partial charge in [-0.1, -0.05) is 122 Å². The second-order valence-corrected chi connectivity index (χ2v) is 26.8. The maximum Gasteiger partial charge on any atom is 0.246 e. The van der Waals surface area contributed by atoms with Crippen molar-refractivity contribution in [3.05, 3.63) is 12.2 Å². The van der Waals surface area contributed by atoms with Gasteiger partial charge >= 0.3 is 0 Å². The fourth-order valence-corrected chi connectivity index (χ4v) is 10.8. The van der Waals surface area contributed by atoms with Crippen LogP contribution >= 0.6 is 0 Å². The smallest absolute Gasteiger partial charge is 0.246 e. The summed E-state index contributed by atoms with van der Waals surface area (Å²) in [6.07, 6.45) is 3.27. The number of hydrogen-bond acceptors (Lipinski definition) is 12. The Labute approximate surface area is 515 Å². The zero-order valence-electron chi connectivity index (χ0n) is 57.0. The summed E-state index contributed by atoms with van der Waals surface area (Å²) in [4.78, 5) is 169. The minimum Gasteiger partial charge on any atom is -0.390 e. The summed E-state index contributed by atoms with van der Waals surface area (Å²) in [7, 11) is 9.90. The molecule has 11 amide bonds. The molecule has 1 heterocycles. The summed E-state index contributed by atoms with van der Waals surface area (Å²) in [6.45, 7) is 31.0. The lowest BCUT2D eigenvalue weighted by Gasteiger charge is -2.41. The lowest BCUT2D eigenvalue weighted by atomic mass is 9.84. The first kappa shape index (κ1) is 77.9. The number of aliphatic hydroxyl groups is 1. The van der Waals surface area contributed by atoms with Crippen molar-refractivity contribution in [3.8, 4) is 0 Å². The van der Waals surface area contributed by atoms with Crippen LogP contribution in [0, 0.1) is 40.9 Å². The molecule has 1 aliphatic rings. The van der Waals surface area contributed by atoms with Gasteiger partial charge in [0.25, 0.3) is 0 Å². The quantitative estimate of drug-likeness (QED) is 0.156. The van der Waals surface area contributed by atoms with Crippen molar-refractivity contribution in [2.75, 3.05) is 55.9 Å². The minimum absolute atomic E-state index is 0.0201. The Hall–Kier alpha value is -6.13. The summed E-state index contributed by atoms with van der Waals surface area (Å²) in [5.74, 6) is -9.58. The van der Waals surface area contributed by atoms with Crippen LogP contribution in [0.2, 0.25) is 0 Å². The zero-order chi connectivity index (χ0) is 66.9. The number of amides is 11. The molecular formula is C63H113N11O12. The van der Waals surface area contributed by atoms with Crippen molar-refractivity contribution in [3.63, 3.8) is 0 Å². The average Bonchev–Trinajstić information content (AvgIpc) is 1.72. The van der Waals surface area contributed by atoms with Gasteiger partial charge in [0.15, 0.2) is 0 Å². The van der Waals surface area contributed by atoms with Gasteiger partial charge in [0, 0.05) is 49.3 Å². The van der Waals surface area contributed by atoms with Crippen LogP contribution in [0.1, 0.15) is 163 Å². The molecular weight excluding hydrogens is 1100 g/mol. The van der Waals surface area contributed by atoms with E-state index in [1.54, 1.807) is 68.4 Å². The van der Waals surface area contributed by atoms with E-state index in [0.717, 1.165) is 9.80 Å². The number of carbonyl (C=O) groups excluding carboxylic acids is 11. The number of rotatable bonds is 14. The highest BCUT2D eigenvalue weighted by atomic mass is 16.3. The molecule has 0 aromatic heterocycles. The molecule has 0 aliphatic carbocycles. The molecule has 492 valence electrons. The molecule has 23 heteroatoms. The van der Waals surface area contributed by atoms with Gasteiger partial charge in [-0.15, -0.1) is 0 Å². The van der Waals surface area contributed by atoms with E-state index in [2.05, 4.69) is 21.3 Å². The number of nitrogens with one attached hydrogen (secondary N) is 4. The van der Waals surface area contributed by atoms with Crippen LogP contribution in [0.4, 0.5) is 0 Å². The van der Waals surface area contributed by atoms with Crippen molar-refractivity contribution in [1.29, 1.82) is 0 Å². The van der Waals surface area contributed by atoms with Gasteiger partial charge in [0.05, 0.1) is 12.6 Å². The van der Waals surface area contributed by atoms with Crippen molar-refractivity contribution < 1.29 is 57.8 Å². The van der Waals surface area contributed by atoms with E-state index in [1.807, 2.05) is 54.5 Å². The molecule has 1 unspecified atom stereocenters. The molecule has 1 aliphatic heterocycles. The van der Waals surface area contributed by atoms with Crippen LogP contribution < -0.4 is 21.3 Å². The Morgan fingerprint density at radius 3 is 1.44 bits per heavy atom. The number of carbonyl (C=O) groups is 11. The first-order chi connectivity index (χ1) is 39.6. The molecule has 0 bridgehead atoms. The van der Waals surface area contributed by atoms with Crippen LogP contribution in [0.25, 0.3) is 0 Å². The van der Waals surface area contributed by atoms with Gasteiger partial charge in [-0.25, -0.2) is 0 Å². The average molecular weight is 1220 g/mol. The van der Waals surface area contributed by atoms with Crippen molar-refractivity contribution >= 4 is 65.0 Å². The molecule has 23 nitrogen and oxygen atoms in total. The molecule has 1 fully saturated rings. The number of allylic oxidation sites excluding steroid dienone is 2. The third kappa shape index (κ3) is 21.0. The van der Waals surface area contributed by atoms with E-state index in [1.165, 1.54) is 87.7 Å². The molecule has 0 spiro atoms. The largest absolute Gasteiger partial charge is 0.390 e. The van der Waals surface area contributed by atoms with E-state index in [-0.39, 0.29) is 43.4 Å². The molecule has 86 heavy (non-hydrogen) atoms. The standard InChI is InChI=1S/C63H113N11O12/c1-26-29-30-40(13)51(76)50-56(80)65-43(28-3)58(82)68(19)34-47(75)72(23)49(39(12)27-2)55(79)67-52(63(16,17)18)62(86)69(20)42(15)53(77)66-44(31-35(4)5)54(78)64-41(14)57(81)70(21)45(32-36(6)7)59(83)71(22)46(33-37(8)9)60(84)73(24)48(38(10)11)61(85)74(50)25/h26,29,35-46,48-52,76H,27-28,30-34H2,1-25H3,(H,64,78)(H,65,80)(H,66,77)(H,67,79)/b29-26+/t39?,40-,41-,42+,43+,44+,45+,46+,48+,49+,50+,51-,52-/m1/s1. The molecule has 0 saturated carbocycles. The summed E-state index contributed by atoms with van der Waals surface area (Å²) >= 11 is 0. The maximum absolute atomic E-state index is 15.2. The zero-order valence-corrected chi connectivity index (χ0v) is 57.0. The summed E-state index contributed by atoms with van der Waals surface area (Å²) in [5, 5.41) is 23.2. The van der Waals surface area contributed by atoms with Gasteiger partial charge in [0.2, 0.25) is 65.0 Å². The van der Waals surface area contributed by atoms with Crippen molar-refractivity contribution in [1.82, 2.24) is 55.6 Å². The molecule has 13 atom stereocenters. The number of hydrogen-bond donors (Lipinski definition) is 5. The highest BCUT2D eigenvalue weighted by Crippen LogP contribution is 2.27. The summed E-state index contributed by atoms with van der Waals surface area (Å²) in [6, 6.07) is -12.5. The van der Waals surface area contributed by atoms with E-state index in [4.69, 9.17) is 0 Å². The van der Waals surface area contributed by atoms with Gasteiger partial charge in [0.1, 0.15) is 60.4 Å². The fourth-order valence-electron chi connectivity index (χ4n) is 10.8.